The molecule has 2 saturated heterocycles. The molecule has 1 unspecified atom stereocenters. The maximum atomic E-state index is 12.5. The summed E-state index contributed by atoms with van der Waals surface area (Å²) in [6.45, 7) is 6.79. The van der Waals surface area contributed by atoms with E-state index in [2.05, 4.69) is 22.2 Å². The first kappa shape index (κ1) is 18.6. The second-order valence-corrected chi connectivity index (χ2v) is 8.91. The number of carbonyl (C=O) groups excluding carboxylic acids is 1. The zero-order valence-electron chi connectivity index (χ0n) is 16.1. The monoisotopic (exact) mass is 384 g/mol. The van der Waals surface area contributed by atoms with Gasteiger partial charge in [-0.3, -0.25) is 14.7 Å². The molecule has 27 heavy (non-hydrogen) atoms. The van der Waals surface area contributed by atoms with E-state index in [1.807, 2.05) is 23.1 Å². The third-order valence-electron chi connectivity index (χ3n) is 5.86. The number of carbonyl (C=O) groups is 1. The zero-order chi connectivity index (χ0) is 18.7. The minimum absolute atomic E-state index is 0.227. The summed E-state index contributed by atoms with van der Waals surface area (Å²) < 4.78 is 0. The maximum absolute atomic E-state index is 12.5. The van der Waals surface area contributed by atoms with Crippen LogP contribution in [0.3, 0.4) is 0 Å². The van der Waals surface area contributed by atoms with Gasteiger partial charge in [0.05, 0.1) is 22.9 Å². The third-order valence-corrected chi connectivity index (χ3v) is 6.90. The average molecular weight is 385 g/mol. The van der Waals surface area contributed by atoms with Gasteiger partial charge in [-0.05, 0) is 44.4 Å². The highest BCUT2D eigenvalue weighted by Gasteiger charge is 2.41. The van der Waals surface area contributed by atoms with E-state index in [0.29, 0.717) is 13.0 Å². The van der Waals surface area contributed by atoms with Crippen molar-refractivity contribution in [2.45, 2.75) is 52.1 Å². The van der Waals surface area contributed by atoms with Gasteiger partial charge >= 0.3 is 0 Å². The zero-order valence-corrected chi connectivity index (χ0v) is 16.9. The van der Waals surface area contributed by atoms with Crippen molar-refractivity contribution in [3.8, 4) is 0 Å². The fourth-order valence-electron chi connectivity index (χ4n) is 4.52. The van der Waals surface area contributed by atoms with Crippen molar-refractivity contribution < 1.29 is 4.79 Å². The van der Waals surface area contributed by atoms with Gasteiger partial charge in [-0.2, -0.15) is 0 Å². The topological polar surface area (TPSA) is 49.3 Å². The van der Waals surface area contributed by atoms with Gasteiger partial charge in [-0.15, -0.1) is 11.3 Å². The summed E-state index contributed by atoms with van der Waals surface area (Å²) in [4.78, 5) is 26.2. The molecule has 4 heterocycles. The molecule has 0 radical (unpaired) electrons. The molecule has 2 aromatic rings. The predicted molar refractivity (Wildman–Crippen MR) is 107 cm³/mol. The van der Waals surface area contributed by atoms with E-state index in [1.54, 1.807) is 17.5 Å². The second kappa shape index (κ2) is 8.07. The number of thiazole rings is 1. The van der Waals surface area contributed by atoms with Crippen molar-refractivity contribution >= 4 is 17.2 Å². The molecule has 0 saturated carbocycles. The maximum Gasteiger partial charge on any atom is 0.222 e. The number of amides is 1. The Balaban J connectivity index is 1.42. The Bertz CT molecular complexity index is 777. The van der Waals surface area contributed by atoms with Crippen LogP contribution in [-0.4, -0.2) is 45.3 Å². The molecule has 144 valence electrons. The van der Waals surface area contributed by atoms with Crippen molar-refractivity contribution in [2.75, 3.05) is 19.6 Å². The lowest BCUT2D eigenvalue weighted by atomic mass is 9.73. The van der Waals surface area contributed by atoms with Crippen LogP contribution in [0.2, 0.25) is 0 Å². The van der Waals surface area contributed by atoms with E-state index >= 15 is 0 Å². The Hall–Kier alpha value is -1.79. The first-order valence-corrected chi connectivity index (χ1v) is 10.9. The fourth-order valence-corrected chi connectivity index (χ4v) is 5.26. The van der Waals surface area contributed by atoms with Gasteiger partial charge in [-0.1, -0.05) is 13.0 Å². The number of nitrogens with zero attached hydrogens (tertiary/aromatic N) is 4. The molecule has 2 aliphatic rings. The fraction of sp³-hybridized carbons (Fsp3) is 0.571. The lowest BCUT2D eigenvalue weighted by molar-refractivity contribution is -0.140. The SMILES string of the molecule is CCc1nc(CN2CCCC3(CCC(=O)N(Cc4ccccn4)C3)C2)cs1. The first-order valence-electron chi connectivity index (χ1n) is 9.99. The quantitative estimate of drug-likeness (QED) is 0.792. The van der Waals surface area contributed by atoms with Crippen LogP contribution >= 0.6 is 11.3 Å². The Morgan fingerprint density at radius 2 is 2.11 bits per heavy atom. The standard InChI is InChI=1S/C21H28N4OS/c1-2-19-23-18(14-27-19)12-24-11-5-8-21(15-24)9-7-20(26)25(16-21)13-17-6-3-4-10-22-17/h3-4,6,10,14H,2,5,7-9,11-13,15-16H2,1H3. The highest BCUT2D eigenvalue weighted by atomic mass is 32.1. The molecule has 1 amide bonds. The average Bonchev–Trinajstić information content (AvgIpc) is 3.14. The van der Waals surface area contributed by atoms with Crippen LogP contribution in [0.25, 0.3) is 0 Å². The summed E-state index contributed by atoms with van der Waals surface area (Å²) in [5.41, 5.74) is 2.40. The van der Waals surface area contributed by atoms with Crippen molar-refractivity contribution in [3.05, 3.63) is 46.2 Å². The van der Waals surface area contributed by atoms with E-state index in [-0.39, 0.29) is 11.3 Å². The normalized spacial score (nSPS) is 23.9. The predicted octanol–water partition coefficient (Wildman–Crippen LogP) is 3.51. The number of pyridine rings is 1. The number of likely N-dealkylation sites (tertiary alicyclic amines) is 2. The van der Waals surface area contributed by atoms with Gasteiger partial charge in [0.1, 0.15) is 0 Å². The molecule has 1 spiro atoms. The summed E-state index contributed by atoms with van der Waals surface area (Å²) in [5, 5.41) is 3.43. The van der Waals surface area contributed by atoms with E-state index in [9.17, 15) is 4.79 Å². The molecule has 5 nitrogen and oxygen atoms in total. The van der Waals surface area contributed by atoms with Gasteiger partial charge in [0.2, 0.25) is 5.91 Å². The number of aryl methyl sites for hydroxylation is 1. The van der Waals surface area contributed by atoms with Crippen LogP contribution in [0.1, 0.15) is 49.0 Å². The minimum Gasteiger partial charge on any atom is -0.336 e. The Kier molecular flexibility index (Phi) is 5.55. The lowest BCUT2D eigenvalue weighted by Crippen LogP contribution is -2.53. The highest BCUT2D eigenvalue weighted by Crippen LogP contribution is 2.39. The summed E-state index contributed by atoms with van der Waals surface area (Å²) in [6.07, 6.45) is 6.92. The molecule has 1 atom stereocenters. The van der Waals surface area contributed by atoms with Crippen molar-refractivity contribution in [1.82, 2.24) is 19.8 Å². The van der Waals surface area contributed by atoms with Gasteiger partial charge in [0, 0.05) is 43.0 Å². The summed E-state index contributed by atoms with van der Waals surface area (Å²) in [5.74, 6) is 0.274. The Morgan fingerprint density at radius 1 is 1.19 bits per heavy atom. The Morgan fingerprint density at radius 3 is 2.89 bits per heavy atom. The molecular weight excluding hydrogens is 356 g/mol. The number of piperidine rings is 2. The molecule has 2 fully saturated rings. The number of aromatic nitrogens is 2. The van der Waals surface area contributed by atoms with Gasteiger partial charge < -0.3 is 4.90 Å². The summed E-state index contributed by atoms with van der Waals surface area (Å²) in [7, 11) is 0. The molecule has 0 bridgehead atoms. The van der Waals surface area contributed by atoms with Crippen LogP contribution in [0, 0.1) is 5.41 Å². The van der Waals surface area contributed by atoms with E-state index < -0.39 is 0 Å². The Labute approximate surface area is 165 Å². The molecule has 2 aromatic heterocycles. The van der Waals surface area contributed by atoms with E-state index in [4.69, 9.17) is 4.98 Å². The molecule has 0 aromatic carbocycles. The van der Waals surface area contributed by atoms with Crippen LogP contribution < -0.4 is 0 Å². The molecule has 6 heteroatoms. The van der Waals surface area contributed by atoms with E-state index in [0.717, 1.165) is 44.7 Å². The largest absolute Gasteiger partial charge is 0.336 e. The summed E-state index contributed by atoms with van der Waals surface area (Å²) >= 11 is 1.77. The third kappa shape index (κ3) is 4.38. The van der Waals surface area contributed by atoms with Crippen LogP contribution in [0.15, 0.2) is 29.8 Å². The molecule has 2 aliphatic heterocycles. The van der Waals surface area contributed by atoms with E-state index in [1.165, 1.54) is 23.5 Å². The lowest BCUT2D eigenvalue weighted by Gasteiger charge is -2.48. The number of hydrogen-bond acceptors (Lipinski definition) is 5. The number of hydrogen-bond donors (Lipinski definition) is 0. The van der Waals surface area contributed by atoms with Gasteiger partial charge in [-0.25, -0.2) is 4.98 Å². The second-order valence-electron chi connectivity index (χ2n) is 7.97. The minimum atomic E-state index is 0.227. The van der Waals surface area contributed by atoms with Crippen molar-refractivity contribution in [3.63, 3.8) is 0 Å². The first-order chi connectivity index (χ1) is 13.2. The van der Waals surface area contributed by atoms with Crippen LogP contribution in [0.5, 0.6) is 0 Å². The molecule has 0 N–H and O–H groups in total. The van der Waals surface area contributed by atoms with Crippen LogP contribution in [0.4, 0.5) is 0 Å². The van der Waals surface area contributed by atoms with Gasteiger partial charge in [0.25, 0.3) is 0 Å². The van der Waals surface area contributed by atoms with Crippen molar-refractivity contribution in [2.24, 2.45) is 5.41 Å². The molecule has 0 aliphatic carbocycles. The highest BCUT2D eigenvalue weighted by molar-refractivity contribution is 7.09. The summed E-state index contributed by atoms with van der Waals surface area (Å²) in [6, 6.07) is 5.92. The number of rotatable bonds is 5. The van der Waals surface area contributed by atoms with Crippen molar-refractivity contribution in [1.29, 1.82) is 0 Å². The molecular formula is C21H28N4OS. The molecule has 4 rings (SSSR count). The smallest absolute Gasteiger partial charge is 0.222 e. The van der Waals surface area contributed by atoms with Gasteiger partial charge in [0.15, 0.2) is 0 Å². The van der Waals surface area contributed by atoms with Crippen LogP contribution in [-0.2, 0) is 24.3 Å².